The van der Waals surface area contributed by atoms with E-state index in [2.05, 4.69) is 51.6 Å². The number of hydrogen-bond donors (Lipinski definition) is 1. The van der Waals surface area contributed by atoms with Gasteiger partial charge in [0.25, 0.3) is 0 Å². The summed E-state index contributed by atoms with van der Waals surface area (Å²) in [7, 11) is 0. The Bertz CT molecular complexity index is 1410. The third kappa shape index (κ3) is 7.39. The van der Waals surface area contributed by atoms with Crippen LogP contribution in [0.3, 0.4) is 0 Å². The monoisotopic (exact) mass is 596 g/mol. The summed E-state index contributed by atoms with van der Waals surface area (Å²) in [6, 6.07) is 32.2. The van der Waals surface area contributed by atoms with Gasteiger partial charge in [0.1, 0.15) is 6.04 Å². The zero-order chi connectivity index (χ0) is 27.7. The lowest BCUT2D eigenvalue weighted by atomic mass is 9.94. The zero-order valence-corrected chi connectivity index (χ0v) is 24.5. The topological polar surface area (TPSA) is 49.4 Å². The number of nitrogens with zero attached hydrogens (tertiary/aromatic N) is 1. The standard InChI is InChI=1S/C35H37BrN2O2/c36-30-21-18-27(19-22-30)25-38(34(39)23-20-29-14-9-13-28-12-7-8-17-32(28)29)33(24-26-10-3-1-4-11-26)35(40)37-31-15-5-2-6-16-31/h1,3-4,7-14,17-19,21-22,31,33H,2,5-6,15-16,20,23-25H2,(H,37,40)/t33-/m0/s1. The van der Waals surface area contributed by atoms with Crippen LogP contribution < -0.4 is 5.32 Å². The van der Waals surface area contributed by atoms with Gasteiger partial charge in [-0.1, -0.05) is 120 Å². The number of benzene rings is 4. The van der Waals surface area contributed by atoms with Gasteiger partial charge in [0.2, 0.25) is 11.8 Å². The van der Waals surface area contributed by atoms with Crippen LogP contribution in [0.25, 0.3) is 10.8 Å². The Balaban J connectivity index is 1.43. The van der Waals surface area contributed by atoms with Crippen LogP contribution in [0.4, 0.5) is 0 Å². The molecule has 1 atom stereocenters. The number of carbonyl (C=O) groups excluding carboxylic acids is 2. The number of fused-ring (bicyclic) bond motifs is 1. The van der Waals surface area contributed by atoms with Crippen LogP contribution in [0, 0.1) is 0 Å². The highest BCUT2D eigenvalue weighted by atomic mass is 79.9. The van der Waals surface area contributed by atoms with Gasteiger partial charge in [-0.15, -0.1) is 0 Å². The minimum atomic E-state index is -0.590. The maximum Gasteiger partial charge on any atom is 0.243 e. The van der Waals surface area contributed by atoms with Crippen molar-refractivity contribution in [2.45, 2.75) is 70.0 Å². The van der Waals surface area contributed by atoms with E-state index < -0.39 is 6.04 Å². The molecule has 1 aliphatic carbocycles. The second kappa shape index (κ2) is 13.8. The zero-order valence-electron chi connectivity index (χ0n) is 22.9. The first-order chi connectivity index (χ1) is 19.6. The maximum atomic E-state index is 14.1. The maximum absolute atomic E-state index is 14.1. The fourth-order valence-electron chi connectivity index (χ4n) is 5.78. The molecule has 40 heavy (non-hydrogen) atoms. The van der Waals surface area contributed by atoms with Crippen LogP contribution in [0.5, 0.6) is 0 Å². The Morgan fingerprint density at radius 1 is 0.800 bits per heavy atom. The van der Waals surface area contributed by atoms with E-state index in [0.29, 0.717) is 25.8 Å². The third-order valence-corrected chi connectivity index (χ3v) is 8.51. The van der Waals surface area contributed by atoms with Gasteiger partial charge >= 0.3 is 0 Å². The summed E-state index contributed by atoms with van der Waals surface area (Å²) in [6.45, 7) is 0.386. The molecule has 2 amide bonds. The van der Waals surface area contributed by atoms with Crippen LogP contribution in [0.1, 0.15) is 55.2 Å². The van der Waals surface area contributed by atoms with Gasteiger partial charge in [0.15, 0.2) is 0 Å². The lowest BCUT2D eigenvalue weighted by Gasteiger charge is -2.33. The van der Waals surface area contributed by atoms with Crippen LogP contribution in [0.2, 0.25) is 0 Å². The van der Waals surface area contributed by atoms with E-state index >= 15 is 0 Å². The van der Waals surface area contributed by atoms with E-state index in [9.17, 15) is 9.59 Å². The van der Waals surface area contributed by atoms with Crippen LogP contribution >= 0.6 is 15.9 Å². The Kier molecular flexibility index (Phi) is 9.67. The molecule has 0 aliphatic heterocycles. The molecule has 4 aromatic rings. The second-order valence-electron chi connectivity index (χ2n) is 10.8. The lowest BCUT2D eigenvalue weighted by Crippen LogP contribution is -2.52. The average Bonchev–Trinajstić information content (AvgIpc) is 2.99. The molecular formula is C35H37BrN2O2. The largest absolute Gasteiger partial charge is 0.352 e. The number of aryl methyl sites for hydroxylation is 1. The molecule has 1 saturated carbocycles. The van der Waals surface area contributed by atoms with Crippen molar-refractivity contribution in [3.05, 3.63) is 118 Å². The van der Waals surface area contributed by atoms with Crippen molar-refractivity contribution in [1.82, 2.24) is 10.2 Å². The highest BCUT2D eigenvalue weighted by Crippen LogP contribution is 2.23. The Morgan fingerprint density at radius 3 is 2.27 bits per heavy atom. The van der Waals surface area contributed by atoms with Crippen molar-refractivity contribution in [2.75, 3.05) is 0 Å². The Hall–Kier alpha value is -3.44. The smallest absolute Gasteiger partial charge is 0.243 e. The van der Waals surface area contributed by atoms with E-state index in [4.69, 9.17) is 0 Å². The minimum absolute atomic E-state index is 0.00409. The predicted octanol–water partition coefficient (Wildman–Crippen LogP) is 7.62. The molecule has 0 spiro atoms. The number of halogens is 1. The molecule has 0 aromatic heterocycles. The Morgan fingerprint density at radius 2 is 1.50 bits per heavy atom. The highest BCUT2D eigenvalue weighted by Gasteiger charge is 2.31. The summed E-state index contributed by atoms with van der Waals surface area (Å²) >= 11 is 3.52. The van der Waals surface area contributed by atoms with Gasteiger partial charge < -0.3 is 10.2 Å². The van der Waals surface area contributed by atoms with Crippen LogP contribution in [-0.4, -0.2) is 28.8 Å². The van der Waals surface area contributed by atoms with E-state index in [0.717, 1.165) is 46.8 Å². The molecule has 0 bridgehead atoms. The third-order valence-electron chi connectivity index (χ3n) is 7.98. The first-order valence-electron chi connectivity index (χ1n) is 14.4. The summed E-state index contributed by atoms with van der Waals surface area (Å²) in [5, 5.41) is 5.68. The highest BCUT2D eigenvalue weighted by molar-refractivity contribution is 9.10. The average molecular weight is 598 g/mol. The number of hydrogen-bond acceptors (Lipinski definition) is 2. The van der Waals surface area contributed by atoms with Crippen molar-refractivity contribution < 1.29 is 9.59 Å². The van der Waals surface area contributed by atoms with Gasteiger partial charge in [-0.25, -0.2) is 0 Å². The summed E-state index contributed by atoms with van der Waals surface area (Å²) in [5.74, 6) is -0.0537. The molecule has 0 saturated heterocycles. The van der Waals surface area contributed by atoms with E-state index in [1.807, 2.05) is 71.6 Å². The predicted molar refractivity (Wildman–Crippen MR) is 166 cm³/mol. The summed E-state index contributed by atoms with van der Waals surface area (Å²) in [5.41, 5.74) is 3.21. The van der Waals surface area contributed by atoms with Gasteiger partial charge in [-0.3, -0.25) is 9.59 Å². The molecule has 0 radical (unpaired) electrons. The lowest BCUT2D eigenvalue weighted by molar-refractivity contribution is -0.141. The molecular weight excluding hydrogens is 560 g/mol. The van der Waals surface area contributed by atoms with E-state index in [1.54, 1.807) is 0 Å². The van der Waals surface area contributed by atoms with E-state index in [1.165, 1.54) is 17.2 Å². The van der Waals surface area contributed by atoms with Gasteiger partial charge in [0.05, 0.1) is 0 Å². The van der Waals surface area contributed by atoms with Crippen molar-refractivity contribution in [3.63, 3.8) is 0 Å². The molecule has 5 rings (SSSR count). The second-order valence-corrected chi connectivity index (χ2v) is 11.8. The number of amides is 2. The van der Waals surface area contributed by atoms with Crippen LogP contribution in [-0.2, 0) is 29.0 Å². The molecule has 1 N–H and O–H groups in total. The van der Waals surface area contributed by atoms with Crippen molar-refractivity contribution in [2.24, 2.45) is 0 Å². The molecule has 0 unspecified atom stereocenters. The molecule has 5 heteroatoms. The summed E-state index contributed by atoms with van der Waals surface area (Å²) in [4.78, 5) is 29.9. The van der Waals surface area contributed by atoms with Crippen molar-refractivity contribution >= 4 is 38.5 Å². The molecule has 0 heterocycles. The fourth-order valence-corrected chi connectivity index (χ4v) is 6.04. The molecule has 4 aromatic carbocycles. The first-order valence-corrected chi connectivity index (χ1v) is 15.2. The van der Waals surface area contributed by atoms with E-state index in [-0.39, 0.29) is 17.9 Å². The molecule has 1 aliphatic rings. The van der Waals surface area contributed by atoms with Crippen LogP contribution in [0.15, 0.2) is 102 Å². The van der Waals surface area contributed by atoms with Gasteiger partial charge in [-0.05, 0) is 58.9 Å². The number of nitrogens with one attached hydrogen (secondary N) is 1. The normalized spacial score (nSPS) is 14.5. The quantitative estimate of drug-likeness (QED) is 0.205. The summed E-state index contributed by atoms with van der Waals surface area (Å²) in [6.07, 6.45) is 6.96. The molecule has 1 fully saturated rings. The fraction of sp³-hybridized carbons (Fsp3) is 0.314. The summed E-state index contributed by atoms with van der Waals surface area (Å²) < 4.78 is 0.987. The SMILES string of the molecule is O=C(NC1CCCCC1)[C@H](Cc1ccccc1)N(Cc1ccc(Br)cc1)C(=O)CCc1cccc2ccccc12. The van der Waals surface area contributed by atoms with Crippen molar-refractivity contribution in [3.8, 4) is 0 Å². The minimum Gasteiger partial charge on any atom is -0.352 e. The van der Waals surface area contributed by atoms with Crippen molar-refractivity contribution in [1.29, 1.82) is 0 Å². The number of carbonyl (C=O) groups is 2. The first kappa shape index (κ1) is 28.1. The number of rotatable bonds is 10. The van der Waals surface area contributed by atoms with Gasteiger partial charge in [0, 0.05) is 29.9 Å². The molecule has 4 nitrogen and oxygen atoms in total. The van der Waals surface area contributed by atoms with Gasteiger partial charge in [-0.2, -0.15) is 0 Å². The molecule has 206 valence electrons. The Labute approximate surface area is 245 Å².